The Hall–Kier alpha value is -3.46. The van der Waals surface area contributed by atoms with E-state index in [1.54, 1.807) is 35.7 Å². The van der Waals surface area contributed by atoms with Crippen LogP contribution in [-0.2, 0) is 25.6 Å². The minimum absolute atomic E-state index is 0.00319. The molecule has 0 saturated carbocycles. The van der Waals surface area contributed by atoms with Crippen LogP contribution in [0.4, 0.5) is 4.39 Å². The van der Waals surface area contributed by atoms with Crippen LogP contribution in [0.2, 0.25) is 0 Å². The van der Waals surface area contributed by atoms with Gasteiger partial charge >= 0.3 is 5.97 Å². The fourth-order valence-electron chi connectivity index (χ4n) is 3.57. The van der Waals surface area contributed by atoms with Gasteiger partial charge in [0.25, 0.3) is 5.78 Å². The van der Waals surface area contributed by atoms with Gasteiger partial charge in [-0.05, 0) is 46.7 Å². The first kappa shape index (κ1) is 25.2. The third-order valence-corrected chi connectivity index (χ3v) is 6.72. The summed E-state index contributed by atoms with van der Waals surface area (Å²) in [7, 11) is 0. The second-order valence-electron chi connectivity index (χ2n) is 8.21. The first-order valence-corrected chi connectivity index (χ1v) is 11.6. The fourth-order valence-corrected chi connectivity index (χ4v) is 4.67. The predicted octanol–water partition coefficient (Wildman–Crippen LogP) is 3.11. The Bertz CT molecular complexity index is 1100. The number of aliphatic carboxylic acids is 1. The zero-order valence-electron chi connectivity index (χ0n) is 18.7. The molecule has 1 aliphatic heterocycles. The first-order valence-electron chi connectivity index (χ1n) is 10.7. The van der Waals surface area contributed by atoms with E-state index in [1.807, 2.05) is 13.8 Å². The summed E-state index contributed by atoms with van der Waals surface area (Å²) >= 11 is 1.33. The molecule has 0 saturated heterocycles. The second kappa shape index (κ2) is 11.1. The minimum atomic E-state index is -1.65. The lowest BCUT2D eigenvalue weighted by Gasteiger charge is -2.34. The van der Waals surface area contributed by atoms with Crippen LogP contribution >= 0.6 is 11.8 Å². The normalized spacial score (nSPS) is 16.7. The van der Waals surface area contributed by atoms with Crippen molar-refractivity contribution in [1.82, 2.24) is 10.2 Å². The molecular weight excluding hydrogens is 459 g/mol. The van der Waals surface area contributed by atoms with Gasteiger partial charge in [-0.1, -0.05) is 44.2 Å². The predicted molar refractivity (Wildman–Crippen MR) is 127 cm³/mol. The lowest BCUT2D eigenvalue weighted by Crippen LogP contribution is -2.51. The van der Waals surface area contributed by atoms with Crippen LogP contribution < -0.4 is 5.32 Å². The number of carbonyl (C=O) groups excluding carboxylic acids is 3. The standard InChI is InChI=1S/C25H25FN2O5S/c1-15(2)23-24(31)28(20(14-34-23)17-8-10-18(26)11-9-17)13-21(29)27-19(22(30)25(32)33)12-16-6-4-3-5-7-16/h3-11,14-15,19,23H,12-13H2,1-2H3,(H,27,29)(H,32,33)/t19-,23-/m0/s1. The molecule has 2 atom stereocenters. The zero-order chi connectivity index (χ0) is 24.8. The number of ketones is 1. The summed E-state index contributed by atoms with van der Waals surface area (Å²) in [6, 6.07) is 13.0. The summed E-state index contributed by atoms with van der Waals surface area (Å²) < 4.78 is 13.4. The van der Waals surface area contributed by atoms with Gasteiger partial charge in [0.2, 0.25) is 11.8 Å². The van der Waals surface area contributed by atoms with Crippen LogP contribution in [0, 0.1) is 11.7 Å². The summed E-state index contributed by atoms with van der Waals surface area (Å²) in [5.74, 6) is -4.20. The number of hydrogen-bond donors (Lipinski definition) is 2. The van der Waals surface area contributed by atoms with Gasteiger partial charge in [0.05, 0.1) is 10.9 Å². The molecule has 0 spiro atoms. The summed E-state index contributed by atoms with van der Waals surface area (Å²) in [4.78, 5) is 51.1. The second-order valence-corrected chi connectivity index (χ2v) is 9.23. The van der Waals surface area contributed by atoms with E-state index in [9.17, 15) is 28.7 Å². The summed E-state index contributed by atoms with van der Waals surface area (Å²) in [5, 5.41) is 13.0. The Kier molecular flexibility index (Phi) is 8.22. The van der Waals surface area contributed by atoms with Crippen LogP contribution in [0.15, 0.2) is 60.0 Å². The van der Waals surface area contributed by atoms with Crippen molar-refractivity contribution in [2.75, 3.05) is 6.54 Å². The topological polar surface area (TPSA) is 104 Å². The summed E-state index contributed by atoms with van der Waals surface area (Å²) in [5.41, 5.74) is 1.67. The SMILES string of the molecule is CC(C)[C@@H]1SC=C(c2ccc(F)cc2)N(CC(=O)N[C@@H](Cc2ccccc2)C(=O)C(=O)O)C1=O. The van der Waals surface area contributed by atoms with Gasteiger partial charge in [-0.15, -0.1) is 11.8 Å². The lowest BCUT2D eigenvalue weighted by atomic mass is 10.0. The smallest absolute Gasteiger partial charge is 0.374 e. The summed E-state index contributed by atoms with van der Waals surface area (Å²) in [6.07, 6.45) is -0.00319. The van der Waals surface area contributed by atoms with Crippen molar-refractivity contribution in [2.24, 2.45) is 5.92 Å². The molecule has 178 valence electrons. The highest BCUT2D eigenvalue weighted by Gasteiger charge is 2.35. The molecule has 1 aliphatic rings. The number of Topliss-reactive ketones (excluding diaryl/α,β-unsaturated/α-hetero) is 1. The highest BCUT2D eigenvalue weighted by molar-refractivity contribution is 8.03. The van der Waals surface area contributed by atoms with Gasteiger partial charge in [-0.2, -0.15) is 0 Å². The van der Waals surface area contributed by atoms with E-state index in [-0.39, 0.29) is 18.2 Å². The van der Waals surface area contributed by atoms with Crippen LogP contribution in [0.5, 0.6) is 0 Å². The van der Waals surface area contributed by atoms with Crippen molar-refractivity contribution >= 4 is 41.0 Å². The number of hydrogen-bond acceptors (Lipinski definition) is 5. The number of carbonyl (C=O) groups is 4. The van der Waals surface area contributed by atoms with Crippen molar-refractivity contribution in [3.05, 3.63) is 76.9 Å². The van der Waals surface area contributed by atoms with Gasteiger partial charge in [0.15, 0.2) is 0 Å². The van der Waals surface area contributed by atoms with E-state index in [4.69, 9.17) is 0 Å². The van der Waals surface area contributed by atoms with Gasteiger partial charge in [-0.25, -0.2) is 9.18 Å². The van der Waals surface area contributed by atoms with Gasteiger partial charge < -0.3 is 15.3 Å². The van der Waals surface area contributed by atoms with Crippen LogP contribution in [0.3, 0.4) is 0 Å². The molecule has 0 aliphatic carbocycles. The van der Waals surface area contributed by atoms with Gasteiger partial charge in [0, 0.05) is 6.42 Å². The fraction of sp³-hybridized carbons (Fsp3) is 0.280. The van der Waals surface area contributed by atoms with Crippen molar-refractivity contribution < 1.29 is 28.7 Å². The van der Waals surface area contributed by atoms with E-state index in [0.717, 1.165) is 0 Å². The molecule has 1 heterocycles. The number of thioether (sulfide) groups is 1. The molecule has 0 fully saturated rings. The Morgan fingerprint density at radius 2 is 1.74 bits per heavy atom. The minimum Gasteiger partial charge on any atom is -0.475 e. The maximum atomic E-state index is 13.4. The Labute approximate surface area is 201 Å². The molecule has 0 aromatic heterocycles. The van der Waals surface area contributed by atoms with Crippen LogP contribution in [0.1, 0.15) is 25.0 Å². The van der Waals surface area contributed by atoms with E-state index in [1.165, 1.54) is 40.9 Å². The molecule has 2 aromatic carbocycles. The van der Waals surface area contributed by atoms with Crippen LogP contribution in [0.25, 0.3) is 5.70 Å². The Morgan fingerprint density at radius 1 is 1.09 bits per heavy atom. The summed E-state index contributed by atoms with van der Waals surface area (Å²) in [6.45, 7) is 3.38. The van der Waals surface area contributed by atoms with Crippen molar-refractivity contribution in [3.8, 4) is 0 Å². The average molecular weight is 485 g/mol. The van der Waals surface area contributed by atoms with E-state index in [0.29, 0.717) is 16.8 Å². The molecule has 7 nitrogen and oxygen atoms in total. The number of carboxylic acids is 1. The molecule has 9 heteroatoms. The van der Waals surface area contributed by atoms with E-state index >= 15 is 0 Å². The molecule has 0 bridgehead atoms. The van der Waals surface area contributed by atoms with E-state index < -0.39 is 41.3 Å². The monoisotopic (exact) mass is 484 g/mol. The number of benzene rings is 2. The Morgan fingerprint density at radius 3 is 2.32 bits per heavy atom. The molecule has 2 amide bonds. The van der Waals surface area contributed by atoms with Crippen molar-refractivity contribution in [2.45, 2.75) is 31.6 Å². The maximum absolute atomic E-state index is 13.4. The van der Waals surface area contributed by atoms with Gasteiger partial charge in [-0.3, -0.25) is 14.4 Å². The molecule has 34 heavy (non-hydrogen) atoms. The number of amides is 2. The number of halogens is 1. The van der Waals surface area contributed by atoms with Gasteiger partial charge in [0.1, 0.15) is 18.4 Å². The third kappa shape index (κ3) is 6.11. The highest BCUT2D eigenvalue weighted by Crippen LogP contribution is 2.35. The number of nitrogens with one attached hydrogen (secondary N) is 1. The molecule has 0 unspecified atom stereocenters. The van der Waals surface area contributed by atoms with Crippen molar-refractivity contribution in [1.29, 1.82) is 0 Å². The van der Waals surface area contributed by atoms with Crippen molar-refractivity contribution in [3.63, 3.8) is 0 Å². The molecule has 2 N–H and O–H groups in total. The quantitative estimate of drug-likeness (QED) is 0.530. The maximum Gasteiger partial charge on any atom is 0.374 e. The largest absolute Gasteiger partial charge is 0.475 e. The first-order chi connectivity index (χ1) is 16.2. The number of rotatable bonds is 9. The highest BCUT2D eigenvalue weighted by atomic mass is 32.2. The molecule has 0 radical (unpaired) electrons. The Balaban J connectivity index is 1.84. The zero-order valence-corrected chi connectivity index (χ0v) is 19.5. The number of nitrogens with zero attached hydrogens (tertiary/aromatic N) is 1. The molecule has 3 rings (SSSR count). The molecular formula is C25H25FN2O5S. The average Bonchev–Trinajstić information content (AvgIpc) is 2.80. The molecule has 2 aromatic rings. The third-order valence-electron chi connectivity index (χ3n) is 5.32. The van der Waals surface area contributed by atoms with E-state index in [2.05, 4.69) is 5.32 Å². The number of carboxylic acid groups (broad SMARTS) is 1. The van der Waals surface area contributed by atoms with Crippen LogP contribution in [-0.4, -0.2) is 51.4 Å². The lowest BCUT2D eigenvalue weighted by molar-refractivity contribution is -0.150.